The molecule has 1 fully saturated rings. The van der Waals surface area contributed by atoms with Crippen LogP contribution < -0.4 is 5.32 Å². The van der Waals surface area contributed by atoms with Crippen molar-refractivity contribution in [3.05, 3.63) is 64.4 Å². The Labute approximate surface area is 150 Å². The van der Waals surface area contributed by atoms with E-state index in [1.807, 2.05) is 6.92 Å². The van der Waals surface area contributed by atoms with Crippen LogP contribution in [0.15, 0.2) is 42.5 Å². The van der Waals surface area contributed by atoms with Crippen molar-refractivity contribution >= 4 is 29.1 Å². The lowest BCUT2D eigenvalue weighted by Crippen LogP contribution is -2.28. The van der Waals surface area contributed by atoms with Gasteiger partial charge in [-0.05, 0) is 36.8 Å². The zero-order valence-corrected chi connectivity index (χ0v) is 14.5. The summed E-state index contributed by atoms with van der Waals surface area (Å²) in [5, 5.41) is 3.44. The summed E-state index contributed by atoms with van der Waals surface area (Å²) in [5.74, 6) is -1.15. The van der Waals surface area contributed by atoms with Gasteiger partial charge >= 0.3 is 0 Å². The molecule has 1 atom stereocenters. The van der Waals surface area contributed by atoms with Crippen LogP contribution >= 0.6 is 11.6 Å². The van der Waals surface area contributed by atoms with Crippen LogP contribution in [0, 0.1) is 18.7 Å². The first-order chi connectivity index (χ1) is 11.9. The fraction of sp³-hybridized carbons (Fsp3) is 0.263. The highest BCUT2D eigenvalue weighted by Crippen LogP contribution is 2.24. The van der Waals surface area contributed by atoms with Gasteiger partial charge in [-0.25, -0.2) is 4.39 Å². The Kier molecular flexibility index (Phi) is 5.04. The van der Waals surface area contributed by atoms with Crippen LogP contribution in [0.3, 0.4) is 0 Å². The number of aryl methyl sites for hydroxylation is 1. The number of likely N-dealkylation sites (tertiary alicyclic amines) is 1. The molecule has 0 aliphatic carbocycles. The normalized spacial score (nSPS) is 17.0. The Hall–Kier alpha value is -2.40. The van der Waals surface area contributed by atoms with E-state index in [1.165, 1.54) is 11.0 Å². The third kappa shape index (κ3) is 3.99. The summed E-state index contributed by atoms with van der Waals surface area (Å²) >= 11 is 5.91. The van der Waals surface area contributed by atoms with Gasteiger partial charge < -0.3 is 10.2 Å². The van der Waals surface area contributed by atoms with Gasteiger partial charge in [0.05, 0.1) is 5.92 Å². The highest BCUT2D eigenvalue weighted by Gasteiger charge is 2.34. The van der Waals surface area contributed by atoms with Gasteiger partial charge in [0.2, 0.25) is 11.8 Å². The Morgan fingerprint density at radius 2 is 2.08 bits per heavy atom. The number of halogens is 2. The van der Waals surface area contributed by atoms with Crippen molar-refractivity contribution in [2.45, 2.75) is 19.9 Å². The summed E-state index contributed by atoms with van der Waals surface area (Å²) in [7, 11) is 0. The Morgan fingerprint density at radius 1 is 1.32 bits per heavy atom. The van der Waals surface area contributed by atoms with E-state index in [1.54, 1.807) is 36.4 Å². The molecule has 2 aromatic rings. The van der Waals surface area contributed by atoms with Crippen molar-refractivity contribution in [3.8, 4) is 0 Å². The number of amides is 2. The maximum Gasteiger partial charge on any atom is 0.229 e. The molecule has 2 aromatic carbocycles. The van der Waals surface area contributed by atoms with Crippen LogP contribution in [0.25, 0.3) is 0 Å². The van der Waals surface area contributed by atoms with Crippen LogP contribution in [0.4, 0.5) is 10.1 Å². The number of hydrogen-bond acceptors (Lipinski definition) is 2. The standard InChI is InChI=1S/C19H18ClFN2O2/c1-12-8-15(20)6-7-17(12)22-19(25)14-9-18(24)23(11-14)10-13-4-2-3-5-16(13)21/h2-8,14H,9-11H2,1H3,(H,22,25). The number of rotatable bonds is 4. The van der Waals surface area contributed by atoms with Crippen molar-refractivity contribution in [1.82, 2.24) is 4.90 Å². The minimum atomic E-state index is -0.450. The second-order valence-corrected chi connectivity index (χ2v) is 6.65. The topological polar surface area (TPSA) is 49.4 Å². The summed E-state index contributed by atoms with van der Waals surface area (Å²) in [4.78, 5) is 26.2. The van der Waals surface area contributed by atoms with Crippen molar-refractivity contribution in [1.29, 1.82) is 0 Å². The monoisotopic (exact) mass is 360 g/mol. The predicted octanol–water partition coefficient (Wildman–Crippen LogP) is 3.77. The van der Waals surface area contributed by atoms with Gasteiger partial charge in [-0.1, -0.05) is 29.8 Å². The third-order valence-corrected chi connectivity index (χ3v) is 4.59. The summed E-state index contributed by atoms with van der Waals surface area (Å²) in [5.41, 5.74) is 1.98. The summed E-state index contributed by atoms with van der Waals surface area (Å²) in [6.07, 6.45) is 0.132. The van der Waals surface area contributed by atoms with E-state index in [4.69, 9.17) is 11.6 Å². The zero-order chi connectivity index (χ0) is 18.0. The van der Waals surface area contributed by atoms with Crippen LogP contribution in [-0.2, 0) is 16.1 Å². The highest BCUT2D eigenvalue weighted by molar-refractivity contribution is 6.30. The van der Waals surface area contributed by atoms with Gasteiger partial charge in [-0.3, -0.25) is 9.59 Å². The molecule has 1 aliphatic rings. The van der Waals surface area contributed by atoms with Crippen molar-refractivity contribution < 1.29 is 14.0 Å². The van der Waals surface area contributed by atoms with Crippen molar-refractivity contribution in [2.75, 3.05) is 11.9 Å². The molecule has 0 aromatic heterocycles. The van der Waals surface area contributed by atoms with E-state index in [0.29, 0.717) is 16.3 Å². The van der Waals surface area contributed by atoms with Gasteiger partial charge in [0.25, 0.3) is 0 Å². The molecular formula is C19H18ClFN2O2. The number of anilines is 1. The van der Waals surface area contributed by atoms with Crippen molar-refractivity contribution in [3.63, 3.8) is 0 Å². The lowest BCUT2D eigenvalue weighted by atomic mass is 10.1. The Bertz CT molecular complexity index is 825. The molecule has 1 saturated heterocycles. The van der Waals surface area contributed by atoms with E-state index in [-0.39, 0.29) is 37.1 Å². The highest BCUT2D eigenvalue weighted by atomic mass is 35.5. The first-order valence-electron chi connectivity index (χ1n) is 8.02. The number of hydrogen-bond donors (Lipinski definition) is 1. The quantitative estimate of drug-likeness (QED) is 0.902. The minimum absolute atomic E-state index is 0.132. The molecule has 0 saturated carbocycles. The fourth-order valence-electron chi connectivity index (χ4n) is 2.93. The molecule has 0 bridgehead atoms. The largest absolute Gasteiger partial charge is 0.337 e. The number of benzene rings is 2. The van der Waals surface area contributed by atoms with Crippen LogP contribution in [0.2, 0.25) is 5.02 Å². The lowest BCUT2D eigenvalue weighted by molar-refractivity contribution is -0.128. The molecule has 3 rings (SSSR count). The van der Waals surface area contributed by atoms with Gasteiger partial charge in [0, 0.05) is 35.8 Å². The second kappa shape index (κ2) is 7.23. The molecule has 1 aliphatic heterocycles. The molecule has 4 nitrogen and oxygen atoms in total. The molecule has 1 unspecified atom stereocenters. The SMILES string of the molecule is Cc1cc(Cl)ccc1NC(=O)C1CC(=O)N(Cc2ccccc2F)C1. The summed E-state index contributed by atoms with van der Waals surface area (Å²) < 4.78 is 13.8. The number of nitrogens with zero attached hydrogens (tertiary/aromatic N) is 1. The maximum atomic E-state index is 13.8. The van der Waals surface area contributed by atoms with Gasteiger partial charge in [0.15, 0.2) is 0 Å². The van der Waals surface area contributed by atoms with Gasteiger partial charge in [0.1, 0.15) is 5.82 Å². The lowest BCUT2D eigenvalue weighted by Gasteiger charge is -2.17. The average Bonchev–Trinajstić information content (AvgIpc) is 2.93. The third-order valence-electron chi connectivity index (χ3n) is 4.35. The van der Waals surface area contributed by atoms with Gasteiger partial charge in [-0.2, -0.15) is 0 Å². The van der Waals surface area contributed by atoms with E-state index >= 15 is 0 Å². The molecule has 25 heavy (non-hydrogen) atoms. The van der Waals surface area contributed by atoms with Crippen LogP contribution in [-0.4, -0.2) is 23.3 Å². The number of carbonyl (C=O) groups excluding carboxylic acids is 2. The molecule has 2 amide bonds. The molecule has 0 radical (unpaired) electrons. The zero-order valence-electron chi connectivity index (χ0n) is 13.8. The molecule has 6 heteroatoms. The van der Waals surface area contributed by atoms with Crippen LogP contribution in [0.1, 0.15) is 17.5 Å². The smallest absolute Gasteiger partial charge is 0.229 e. The predicted molar refractivity (Wildman–Crippen MR) is 94.7 cm³/mol. The first-order valence-corrected chi connectivity index (χ1v) is 8.40. The van der Waals surface area contributed by atoms with E-state index in [2.05, 4.69) is 5.32 Å². The fourth-order valence-corrected chi connectivity index (χ4v) is 3.16. The molecule has 130 valence electrons. The Balaban J connectivity index is 1.65. The molecule has 1 N–H and O–H groups in total. The summed E-state index contributed by atoms with van der Waals surface area (Å²) in [6.45, 7) is 2.31. The number of carbonyl (C=O) groups is 2. The van der Waals surface area contributed by atoms with Crippen LogP contribution in [0.5, 0.6) is 0 Å². The minimum Gasteiger partial charge on any atom is -0.337 e. The number of nitrogens with one attached hydrogen (secondary N) is 1. The van der Waals surface area contributed by atoms with Crippen molar-refractivity contribution in [2.24, 2.45) is 5.92 Å². The summed E-state index contributed by atoms with van der Waals surface area (Å²) in [6, 6.07) is 11.6. The van der Waals surface area contributed by atoms with E-state index < -0.39 is 5.92 Å². The average molecular weight is 361 g/mol. The van der Waals surface area contributed by atoms with E-state index in [9.17, 15) is 14.0 Å². The first kappa shape index (κ1) is 17.4. The Morgan fingerprint density at radius 3 is 2.80 bits per heavy atom. The molecule has 1 heterocycles. The van der Waals surface area contributed by atoms with E-state index in [0.717, 1.165) is 5.56 Å². The van der Waals surface area contributed by atoms with Gasteiger partial charge in [-0.15, -0.1) is 0 Å². The molecular weight excluding hydrogens is 343 g/mol. The molecule has 0 spiro atoms. The maximum absolute atomic E-state index is 13.8. The second-order valence-electron chi connectivity index (χ2n) is 6.22.